The highest BCUT2D eigenvalue weighted by atomic mass is 35.5. The van der Waals surface area contributed by atoms with Crippen molar-refractivity contribution in [2.75, 3.05) is 0 Å². The van der Waals surface area contributed by atoms with Crippen LogP contribution in [0, 0.1) is 0 Å². The molecule has 0 atom stereocenters. The van der Waals surface area contributed by atoms with Gasteiger partial charge in [0.2, 0.25) is 0 Å². The van der Waals surface area contributed by atoms with Crippen LogP contribution in [0.2, 0.25) is 5.02 Å². The summed E-state index contributed by atoms with van der Waals surface area (Å²) in [7, 11) is 0. The van der Waals surface area contributed by atoms with Crippen LogP contribution in [0.15, 0.2) is 30.8 Å². The number of pyridine rings is 1. The molecule has 1 aromatic heterocycles. The summed E-state index contributed by atoms with van der Waals surface area (Å²) in [6.07, 6.45) is -4.52. The maximum Gasteiger partial charge on any atom is 0.433 e. The molecule has 0 unspecified atom stereocenters. The van der Waals surface area contributed by atoms with Crippen molar-refractivity contribution in [2.45, 2.75) is 20.0 Å². The summed E-state index contributed by atoms with van der Waals surface area (Å²) in [6, 6.07) is 5.35. The van der Waals surface area contributed by atoms with Crippen LogP contribution in [0.4, 0.5) is 13.2 Å². The Kier molecular flexibility index (Phi) is 5.00. The maximum atomic E-state index is 12.5. The largest absolute Gasteiger partial charge is 0.433 e. The molecule has 2 aromatic rings. The van der Waals surface area contributed by atoms with Crippen molar-refractivity contribution in [1.29, 1.82) is 0 Å². The first-order valence-electron chi connectivity index (χ1n) is 5.91. The molecule has 20 heavy (non-hydrogen) atoms. The zero-order valence-corrected chi connectivity index (χ0v) is 11.8. The van der Waals surface area contributed by atoms with Gasteiger partial charge in [0.1, 0.15) is 5.69 Å². The highest BCUT2D eigenvalue weighted by Crippen LogP contribution is 2.33. The molecule has 1 aromatic carbocycles. The van der Waals surface area contributed by atoms with Crippen LogP contribution >= 0.6 is 11.6 Å². The second-order valence-electron chi connectivity index (χ2n) is 3.74. The monoisotopic (exact) mass is 302 g/mol. The van der Waals surface area contributed by atoms with E-state index in [1.54, 1.807) is 12.1 Å². The zero-order valence-electron chi connectivity index (χ0n) is 11.1. The minimum Gasteiger partial charge on any atom is -0.399 e. The predicted octanol–water partition coefficient (Wildman–Crippen LogP) is 4.86. The van der Waals surface area contributed by atoms with Crippen LogP contribution in [0.3, 0.4) is 0 Å². The van der Waals surface area contributed by atoms with Gasteiger partial charge in [-0.15, -0.1) is 0 Å². The third-order valence-electron chi connectivity index (χ3n) is 2.42. The Morgan fingerprint density at radius 3 is 2.35 bits per heavy atom. The number of benzene rings is 1. The Morgan fingerprint density at radius 2 is 1.85 bits per heavy atom. The summed E-state index contributed by atoms with van der Waals surface area (Å²) in [4.78, 5) is 3.53. The van der Waals surface area contributed by atoms with Crippen molar-refractivity contribution in [2.24, 2.45) is 5.73 Å². The predicted molar refractivity (Wildman–Crippen MR) is 76.3 cm³/mol. The number of hydrogen-bond acceptors (Lipinski definition) is 2. The van der Waals surface area contributed by atoms with E-state index in [1.807, 2.05) is 13.8 Å². The lowest BCUT2D eigenvalue weighted by atomic mass is 10.1. The molecule has 6 heteroatoms. The van der Waals surface area contributed by atoms with Crippen LogP contribution in [-0.4, -0.2) is 4.98 Å². The fourth-order valence-corrected chi connectivity index (χ4v) is 1.78. The van der Waals surface area contributed by atoms with Crippen LogP contribution in [0.5, 0.6) is 0 Å². The number of rotatable bonds is 1. The Balaban J connectivity index is 0.000000956. The standard InChI is InChI=1S/C12H8ClF3N2.C2H6/c1-6(17)7-2-3-10-8(4-7)9(13)5-11(18-10)12(14,15)16;1-2/h2-5H,1,17H2;1-2H3. The zero-order chi connectivity index (χ0) is 15.5. The number of alkyl halides is 3. The van der Waals surface area contributed by atoms with E-state index >= 15 is 0 Å². The summed E-state index contributed by atoms with van der Waals surface area (Å²) in [5.41, 5.74) is 5.58. The first-order valence-corrected chi connectivity index (χ1v) is 6.29. The van der Waals surface area contributed by atoms with Gasteiger partial charge in [0.15, 0.2) is 0 Å². The molecule has 2 nitrogen and oxygen atoms in total. The van der Waals surface area contributed by atoms with Gasteiger partial charge in [0.25, 0.3) is 0 Å². The molecule has 2 rings (SSSR count). The van der Waals surface area contributed by atoms with Crippen molar-refractivity contribution < 1.29 is 13.2 Å². The Bertz CT molecular complexity index is 636. The van der Waals surface area contributed by atoms with E-state index in [-0.39, 0.29) is 10.5 Å². The van der Waals surface area contributed by atoms with Gasteiger partial charge in [-0.2, -0.15) is 13.2 Å². The topological polar surface area (TPSA) is 38.9 Å². The molecule has 0 amide bonds. The summed E-state index contributed by atoms with van der Waals surface area (Å²) in [5, 5.41) is 0.393. The van der Waals surface area contributed by atoms with Crippen LogP contribution in [-0.2, 0) is 6.18 Å². The summed E-state index contributed by atoms with van der Waals surface area (Å²) in [6.45, 7) is 7.55. The third kappa shape index (κ3) is 3.42. The van der Waals surface area contributed by atoms with Gasteiger partial charge in [-0.25, -0.2) is 4.98 Å². The van der Waals surface area contributed by atoms with Gasteiger partial charge in [0.05, 0.1) is 10.5 Å². The number of aromatic nitrogens is 1. The number of halogens is 4. The lowest BCUT2D eigenvalue weighted by Gasteiger charge is -2.09. The van der Waals surface area contributed by atoms with E-state index in [0.29, 0.717) is 16.6 Å². The maximum absolute atomic E-state index is 12.5. The van der Waals surface area contributed by atoms with Crippen LogP contribution in [0.1, 0.15) is 25.1 Å². The summed E-state index contributed by atoms with van der Waals surface area (Å²) >= 11 is 5.83. The van der Waals surface area contributed by atoms with Crippen molar-refractivity contribution in [3.63, 3.8) is 0 Å². The van der Waals surface area contributed by atoms with Crippen molar-refractivity contribution >= 4 is 28.2 Å². The van der Waals surface area contributed by atoms with Crippen molar-refractivity contribution in [3.05, 3.63) is 47.1 Å². The molecule has 0 aliphatic heterocycles. The smallest absolute Gasteiger partial charge is 0.399 e. The van der Waals surface area contributed by atoms with Gasteiger partial charge < -0.3 is 5.73 Å². The summed E-state index contributed by atoms with van der Waals surface area (Å²) in [5.74, 6) is 0. The Labute approximate surface area is 120 Å². The minimum atomic E-state index is -4.52. The number of hydrogen-bond donors (Lipinski definition) is 1. The second-order valence-corrected chi connectivity index (χ2v) is 4.15. The van der Waals surface area contributed by atoms with E-state index in [0.717, 1.165) is 6.07 Å². The average molecular weight is 303 g/mol. The fourth-order valence-electron chi connectivity index (χ4n) is 1.53. The first kappa shape index (κ1) is 16.3. The van der Waals surface area contributed by atoms with Gasteiger partial charge in [-0.1, -0.05) is 38.1 Å². The number of fused-ring (bicyclic) bond motifs is 1. The lowest BCUT2D eigenvalue weighted by molar-refractivity contribution is -0.140. The van der Waals surface area contributed by atoms with Crippen LogP contribution in [0.25, 0.3) is 16.6 Å². The van der Waals surface area contributed by atoms with Crippen LogP contribution < -0.4 is 5.73 Å². The van der Waals surface area contributed by atoms with Gasteiger partial charge >= 0.3 is 6.18 Å². The first-order chi connectivity index (χ1) is 9.29. The average Bonchev–Trinajstić information content (AvgIpc) is 2.39. The van der Waals surface area contributed by atoms with Gasteiger partial charge in [0, 0.05) is 11.1 Å². The van der Waals surface area contributed by atoms with E-state index in [1.165, 1.54) is 6.07 Å². The molecule has 1 heterocycles. The van der Waals surface area contributed by atoms with E-state index in [4.69, 9.17) is 17.3 Å². The highest BCUT2D eigenvalue weighted by Gasteiger charge is 2.33. The normalized spacial score (nSPS) is 10.9. The molecule has 0 radical (unpaired) electrons. The van der Waals surface area contributed by atoms with E-state index in [9.17, 15) is 13.2 Å². The molecular formula is C14H14ClF3N2. The molecule has 0 saturated carbocycles. The molecule has 108 valence electrons. The fraction of sp³-hybridized carbons (Fsp3) is 0.214. The molecule has 0 bridgehead atoms. The SMILES string of the molecule is C=C(N)c1ccc2nc(C(F)(F)F)cc(Cl)c2c1.CC. The quantitative estimate of drug-likeness (QED) is 0.817. The molecule has 2 N–H and O–H groups in total. The Hall–Kier alpha value is -1.75. The Morgan fingerprint density at radius 1 is 1.25 bits per heavy atom. The molecule has 0 fully saturated rings. The minimum absolute atomic E-state index is 0.0181. The summed E-state index contributed by atoms with van der Waals surface area (Å²) < 4.78 is 37.6. The van der Waals surface area contributed by atoms with E-state index < -0.39 is 11.9 Å². The molecule has 0 spiro atoms. The van der Waals surface area contributed by atoms with Gasteiger partial charge in [-0.3, -0.25) is 0 Å². The number of nitrogens with two attached hydrogens (primary N) is 1. The van der Waals surface area contributed by atoms with Crippen molar-refractivity contribution in [1.82, 2.24) is 4.98 Å². The molecule has 0 aliphatic carbocycles. The molecule has 0 aliphatic rings. The lowest BCUT2D eigenvalue weighted by Crippen LogP contribution is -2.08. The second kappa shape index (κ2) is 6.13. The number of nitrogens with zero attached hydrogens (tertiary/aromatic N) is 1. The molecule has 0 saturated heterocycles. The highest BCUT2D eigenvalue weighted by molar-refractivity contribution is 6.35. The third-order valence-corrected chi connectivity index (χ3v) is 2.73. The van der Waals surface area contributed by atoms with Gasteiger partial charge in [-0.05, 0) is 23.8 Å². The molecular weight excluding hydrogens is 289 g/mol. The van der Waals surface area contributed by atoms with Crippen molar-refractivity contribution in [3.8, 4) is 0 Å². The van der Waals surface area contributed by atoms with E-state index in [2.05, 4.69) is 11.6 Å².